The van der Waals surface area contributed by atoms with Gasteiger partial charge in [0.1, 0.15) is 11.5 Å². The smallest absolute Gasteiger partial charge is 0.285 e. The van der Waals surface area contributed by atoms with E-state index < -0.39 is 5.91 Å². The van der Waals surface area contributed by atoms with E-state index in [0.717, 1.165) is 22.6 Å². The quantitative estimate of drug-likeness (QED) is 0.344. The molecule has 0 bridgehead atoms. The number of nitrogens with two attached hydrogens (primary N) is 1. The van der Waals surface area contributed by atoms with Gasteiger partial charge in [0.05, 0.1) is 14.2 Å². The number of hydrogen-bond donors (Lipinski definition) is 2. The minimum Gasteiger partial charge on any atom is -0.497 e. The molecule has 0 aliphatic rings. The van der Waals surface area contributed by atoms with Crippen molar-refractivity contribution < 1.29 is 14.3 Å². The summed E-state index contributed by atoms with van der Waals surface area (Å²) in [6.07, 6.45) is 0. The van der Waals surface area contributed by atoms with Crippen LogP contribution in [0.4, 0.5) is 5.82 Å². The van der Waals surface area contributed by atoms with Crippen molar-refractivity contribution in [3.05, 3.63) is 77.5 Å². The van der Waals surface area contributed by atoms with Crippen LogP contribution in [0.1, 0.15) is 21.6 Å². The molecule has 150 valence electrons. The van der Waals surface area contributed by atoms with Gasteiger partial charge in [-0.1, -0.05) is 24.3 Å². The summed E-state index contributed by atoms with van der Waals surface area (Å²) < 4.78 is 10.5. The SMILES string of the molecule is COc1ccc(CN(Cc2ccc(OC)cc2)c2ccc(C(=O)NN)nn2)cc1. The summed E-state index contributed by atoms with van der Waals surface area (Å²) in [5.41, 5.74) is 4.39. The third kappa shape index (κ3) is 5.20. The van der Waals surface area contributed by atoms with Gasteiger partial charge in [0.15, 0.2) is 11.5 Å². The predicted octanol–water partition coefficient (Wildman–Crippen LogP) is 2.30. The highest BCUT2D eigenvalue weighted by Gasteiger charge is 2.13. The Morgan fingerprint density at radius 2 is 1.38 bits per heavy atom. The molecule has 0 saturated heterocycles. The summed E-state index contributed by atoms with van der Waals surface area (Å²) in [5.74, 6) is 6.91. The fourth-order valence-electron chi connectivity index (χ4n) is 2.81. The zero-order valence-corrected chi connectivity index (χ0v) is 16.3. The summed E-state index contributed by atoms with van der Waals surface area (Å²) in [6.45, 7) is 1.21. The second-order valence-corrected chi connectivity index (χ2v) is 6.30. The highest BCUT2D eigenvalue weighted by Crippen LogP contribution is 2.21. The Labute approximate surface area is 169 Å². The number of amides is 1. The molecule has 8 heteroatoms. The number of hydrazine groups is 1. The average molecular weight is 393 g/mol. The van der Waals surface area contributed by atoms with Gasteiger partial charge in [-0.05, 0) is 47.5 Å². The largest absolute Gasteiger partial charge is 0.497 e. The molecular formula is C21H23N5O3. The van der Waals surface area contributed by atoms with Crippen LogP contribution in [0.25, 0.3) is 0 Å². The van der Waals surface area contributed by atoms with E-state index in [1.165, 1.54) is 0 Å². The Kier molecular flexibility index (Phi) is 6.59. The number of hydrogen-bond acceptors (Lipinski definition) is 7. The van der Waals surface area contributed by atoms with Crippen molar-refractivity contribution in [2.75, 3.05) is 19.1 Å². The van der Waals surface area contributed by atoms with Crippen LogP contribution >= 0.6 is 0 Å². The number of rotatable bonds is 8. The summed E-state index contributed by atoms with van der Waals surface area (Å²) in [4.78, 5) is 13.7. The molecule has 0 aliphatic heterocycles. The number of nitrogens with zero attached hydrogens (tertiary/aromatic N) is 3. The van der Waals surface area contributed by atoms with Gasteiger partial charge in [-0.3, -0.25) is 10.2 Å². The maximum absolute atomic E-state index is 11.6. The third-order valence-corrected chi connectivity index (χ3v) is 4.40. The molecule has 3 rings (SSSR count). The lowest BCUT2D eigenvalue weighted by Crippen LogP contribution is -2.31. The van der Waals surface area contributed by atoms with Gasteiger partial charge in [-0.25, -0.2) is 5.84 Å². The molecule has 0 fully saturated rings. The van der Waals surface area contributed by atoms with Crippen LogP contribution in [0.5, 0.6) is 11.5 Å². The van der Waals surface area contributed by atoms with Crippen LogP contribution in [-0.4, -0.2) is 30.3 Å². The lowest BCUT2D eigenvalue weighted by molar-refractivity contribution is 0.0947. The number of carbonyl (C=O) groups is 1. The van der Waals surface area contributed by atoms with Crippen molar-refractivity contribution in [1.29, 1.82) is 0 Å². The number of nitrogens with one attached hydrogen (secondary N) is 1. The van der Waals surface area contributed by atoms with Gasteiger partial charge in [0.25, 0.3) is 5.91 Å². The second kappa shape index (κ2) is 9.52. The van der Waals surface area contributed by atoms with E-state index in [-0.39, 0.29) is 5.69 Å². The van der Waals surface area contributed by atoms with Crippen LogP contribution in [0, 0.1) is 0 Å². The minimum absolute atomic E-state index is 0.157. The predicted molar refractivity (Wildman–Crippen MR) is 110 cm³/mol. The molecule has 2 aromatic carbocycles. The summed E-state index contributed by atoms with van der Waals surface area (Å²) in [7, 11) is 3.28. The number of carbonyl (C=O) groups excluding carboxylic acids is 1. The maximum atomic E-state index is 11.6. The van der Waals surface area contributed by atoms with Crippen molar-refractivity contribution in [1.82, 2.24) is 15.6 Å². The van der Waals surface area contributed by atoms with E-state index in [2.05, 4.69) is 20.5 Å². The maximum Gasteiger partial charge on any atom is 0.285 e. The molecule has 0 spiro atoms. The van der Waals surface area contributed by atoms with Gasteiger partial charge in [-0.15, -0.1) is 10.2 Å². The molecular weight excluding hydrogens is 370 g/mol. The van der Waals surface area contributed by atoms with Crippen molar-refractivity contribution >= 4 is 11.7 Å². The monoisotopic (exact) mass is 393 g/mol. The summed E-state index contributed by atoms with van der Waals surface area (Å²) >= 11 is 0. The number of methoxy groups -OCH3 is 2. The Balaban J connectivity index is 1.85. The number of anilines is 1. The van der Waals surface area contributed by atoms with Crippen molar-refractivity contribution in [2.24, 2.45) is 5.84 Å². The molecule has 3 aromatic rings. The normalized spacial score (nSPS) is 10.3. The van der Waals surface area contributed by atoms with E-state index in [1.54, 1.807) is 26.4 Å². The topological polar surface area (TPSA) is 103 Å². The molecule has 1 amide bonds. The molecule has 0 aliphatic carbocycles. The Morgan fingerprint density at radius 3 is 1.76 bits per heavy atom. The highest BCUT2D eigenvalue weighted by molar-refractivity contribution is 5.91. The zero-order chi connectivity index (χ0) is 20.6. The molecule has 3 N–H and O–H groups in total. The van der Waals surface area contributed by atoms with Gasteiger partial charge in [0, 0.05) is 13.1 Å². The molecule has 0 radical (unpaired) electrons. The molecule has 0 atom stereocenters. The van der Waals surface area contributed by atoms with Gasteiger partial charge in [-0.2, -0.15) is 0 Å². The zero-order valence-electron chi connectivity index (χ0n) is 16.3. The second-order valence-electron chi connectivity index (χ2n) is 6.30. The number of ether oxygens (including phenoxy) is 2. The van der Waals surface area contributed by atoms with Gasteiger partial charge >= 0.3 is 0 Å². The fraction of sp³-hybridized carbons (Fsp3) is 0.190. The molecule has 1 aromatic heterocycles. The molecule has 0 unspecified atom stereocenters. The Hall–Kier alpha value is -3.65. The van der Waals surface area contributed by atoms with Gasteiger partial charge < -0.3 is 14.4 Å². The molecule has 0 saturated carbocycles. The van der Waals surface area contributed by atoms with Crippen molar-refractivity contribution in [2.45, 2.75) is 13.1 Å². The Bertz CT molecular complexity index is 879. The minimum atomic E-state index is -0.485. The summed E-state index contributed by atoms with van der Waals surface area (Å²) in [6, 6.07) is 19.0. The highest BCUT2D eigenvalue weighted by atomic mass is 16.5. The molecule has 1 heterocycles. The molecule has 29 heavy (non-hydrogen) atoms. The van der Waals surface area contributed by atoms with Crippen LogP contribution in [-0.2, 0) is 13.1 Å². The number of nitrogen functional groups attached to an aromatic ring is 1. The van der Waals surface area contributed by atoms with Gasteiger partial charge in [0.2, 0.25) is 0 Å². The van der Waals surface area contributed by atoms with Crippen LogP contribution < -0.4 is 25.6 Å². The lowest BCUT2D eigenvalue weighted by atomic mass is 10.1. The van der Waals surface area contributed by atoms with E-state index in [4.69, 9.17) is 15.3 Å². The van der Waals surface area contributed by atoms with Crippen molar-refractivity contribution in [3.8, 4) is 11.5 Å². The first-order chi connectivity index (χ1) is 14.1. The first-order valence-electron chi connectivity index (χ1n) is 8.98. The van der Waals surface area contributed by atoms with Crippen LogP contribution in [0.2, 0.25) is 0 Å². The van der Waals surface area contributed by atoms with Crippen LogP contribution in [0.3, 0.4) is 0 Å². The Morgan fingerprint density at radius 1 is 0.862 bits per heavy atom. The standard InChI is InChI=1S/C21H23N5O3/c1-28-17-7-3-15(4-8-17)13-26(14-16-5-9-18(29-2)10-6-16)20-12-11-19(24-25-20)21(27)23-22/h3-12H,13-14,22H2,1-2H3,(H,23,27). The van der Waals surface area contributed by atoms with E-state index in [1.807, 2.05) is 48.5 Å². The third-order valence-electron chi connectivity index (χ3n) is 4.40. The van der Waals surface area contributed by atoms with Crippen LogP contribution in [0.15, 0.2) is 60.7 Å². The first kappa shape index (κ1) is 20.1. The lowest BCUT2D eigenvalue weighted by Gasteiger charge is -2.24. The molecule has 8 nitrogen and oxygen atoms in total. The van der Waals surface area contributed by atoms with Crippen molar-refractivity contribution in [3.63, 3.8) is 0 Å². The number of aromatic nitrogens is 2. The fourth-order valence-corrected chi connectivity index (χ4v) is 2.81. The van der Waals surface area contributed by atoms with E-state index in [0.29, 0.717) is 18.9 Å². The van der Waals surface area contributed by atoms with E-state index >= 15 is 0 Å². The summed E-state index contributed by atoms with van der Waals surface area (Å²) in [5, 5.41) is 8.20. The average Bonchev–Trinajstić information content (AvgIpc) is 2.79. The van der Waals surface area contributed by atoms with E-state index in [9.17, 15) is 4.79 Å². The number of benzene rings is 2. The first-order valence-corrected chi connectivity index (χ1v) is 8.98.